The van der Waals surface area contributed by atoms with Crippen molar-refractivity contribution >= 4 is 21.8 Å². The van der Waals surface area contributed by atoms with E-state index in [1.165, 1.54) is 13.0 Å². The summed E-state index contributed by atoms with van der Waals surface area (Å²) in [5, 5.41) is 3.32. The molecule has 1 amide bonds. The highest BCUT2D eigenvalue weighted by atomic mass is 79.9. The summed E-state index contributed by atoms with van der Waals surface area (Å²) in [5.41, 5.74) is 0.896. The van der Waals surface area contributed by atoms with Crippen molar-refractivity contribution in [3.8, 4) is 0 Å². The van der Waals surface area contributed by atoms with E-state index < -0.39 is 0 Å². The van der Waals surface area contributed by atoms with Crippen LogP contribution in [0, 0.1) is 0 Å². The van der Waals surface area contributed by atoms with Crippen molar-refractivity contribution in [2.24, 2.45) is 0 Å². The summed E-state index contributed by atoms with van der Waals surface area (Å²) in [4.78, 5) is 15.3. The van der Waals surface area contributed by atoms with Gasteiger partial charge in [0.05, 0.1) is 5.41 Å². The Hall–Kier alpha value is -0.870. The van der Waals surface area contributed by atoms with Gasteiger partial charge in [0.1, 0.15) is 0 Å². The molecule has 4 heteroatoms. The first-order valence-corrected chi connectivity index (χ1v) is 9.23. The maximum absolute atomic E-state index is 12.8. The molecule has 3 rings (SSSR count). The quantitative estimate of drug-likeness (QED) is 0.867. The number of halogens is 1. The van der Waals surface area contributed by atoms with Crippen LogP contribution in [0.25, 0.3) is 0 Å². The van der Waals surface area contributed by atoms with Crippen LogP contribution in [0.4, 0.5) is 0 Å². The Labute approximate surface area is 141 Å². The number of carbonyl (C=O) groups excluding carboxylic acids is 1. The van der Waals surface area contributed by atoms with Gasteiger partial charge in [-0.25, -0.2) is 0 Å². The number of nitrogens with zero attached hydrogens (tertiary/aromatic N) is 1. The first-order valence-electron chi connectivity index (χ1n) is 8.43. The lowest BCUT2D eigenvalue weighted by Crippen LogP contribution is -2.47. The van der Waals surface area contributed by atoms with E-state index in [1.54, 1.807) is 0 Å². The molecule has 2 fully saturated rings. The minimum absolute atomic E-state index is 0.236. The highest BCUT2D eigenvalue weighted by molar-refractivity contribution is 9.10. The predicted molar refractivity (Wildman–Crippen MR) is 92.9 cm³/mol. The van der Waals surface area contributed by atoms with Crippen molar-refractivity contribution in [1.29, 1.82) is 0 Å². The molecule has 120 valence electrons. The fourth-order valence-corrected chi connectivity index (χ4v) is 3.90. The summed E-state index contributed by atoms with van der Waals surface area (Å²) >= 11 is 3.51. The van der Waals surface area contributed by atoms with Crippen molar-refractivity contribution in [1.82, 2.24) is 10.2 Å². The molecule has 1 aliphatic heterocycles. The molecule has 1 aromatic rings. The van der Waals surface area contributed by atoms with E-state index in [0.29, 0.717) is 6.04 Å². The third-order valence-electron chi connectivity index (χ3n) is 5.02. The SMILES string of the molecule is CCCN1CCC(NC(=O)C2(c3cccc(Br)c3)CC2)CC1. The molecule has 1 N–H and O–H groups in total. The molecule has 2 aliphatic rings. The van der Waals surface area contributed by atoms with Crippen LogP contribution in [0.1, 0.15) is 44.6 Å². The lowest BCUT2D eigenvalue weighted by Gasteiger charge is -2.33. The molecule has 3 nitrogen and oxygen atoms in total. The van der Waals surface area contributed by atoms with Crippen molar-refractivity contribution in [3.63, 3.8) is 0 Å². The number of carbonyl (C=O) groups is 1. The molecule has 1 aliphatic carbocycles. The Bertz CT molecular complexity index is 534. The summed E-state index contributed by atoms with van der Waals surface area (Å²) in [6.45, 7) is 5.64. The number of rotatable bonds is 5. The lowest BCUT2D eigenvalue weighted by atomic mass is 9.94. The molecule has 0 radical (unpaired) electrons. The Kier molecular flexibility index (Phi) is 4.88. The Morgan fingerprint density at radius 2 is 2.09 bits per heavy atom. The topological polar surface area (TPSA) is 32.3 Å². The molecular formula is C18H25BrN2O. The number of nitrogens with one attached hydrogen (secondary N) is 1. The van der Waals surface area contributed by atoms with Crippen molar-refractivity contribution in [3.05, 3.63) is 34.3 Å². The van der Waals surface area contributed by atoms with Gasteiger partial charge in [-0.1, -0.05) is 35.0 Å². The van der Waals surface area contributed by atoms with E-state index in [4.69, 9.17) is 0 Å². The minimum Gasteiger partial charge on any atom is -0.353 e. The molecule has 1 saturated carbocycles. The van der Waals surface area contributed by atoms with Gasteiger partial charge in [-0.05, 0) is 56.3 Å². The van der Waals surface area contributed by atoms with Gasteiger partial charge in [0.2, 0.25) is 5.91 Å². The van der Waals surface area contributed by atoms with Gasteiger partial charge in [0, 0.05) is 23.6 Å². The number of hydrogen-bond donors (Lipinski definition) is 1. The Morgan fingerprint density at radius 1 is 1.36 bits per heavy atom. The Morgan fingerprint density at radius 3 is 2.68 bits per heavy atom. The summed E-state index contributed by atoms with van der Waals surface area (Å²) < 4.78 is 1.05. The summed E-state index contributed by atoms with van der Waals surface area (Å²) in [6.07, 6.45) is 5.33. The van der Waals surface area contributed by atoms with Crippen LogP contribution < -0.4 is 5.32 Å². The fraction of sp³-hybridized carbons (Fsp3) is 0.611. The molecule has 0 unspecified atom stereocenters. The van der Waals surface area contributed by atoms with Gasteiger partial charge in [0.25, 0.3) is 0 Å². The van der Waals surface area contributed by atoms with E-state index in [9.17, 15) is 4.79 Å². The zero-order valence-corrected chi connectivity index (χ0v) is 14.9. The predicted octanol–water partition coefficient (Wildman–Crippen LogP) is 3.47. The molecule has 1 aromatic carbocycles. The number of amides is 1. The summed E-state index contributed by atoms with van der Waals surface area (Å²) in [5.74, 6) is 0.236. The standard InChI is InChI=1S/C18H25BrN2O/c1-2-10-21-11-6-16(7-12-21)20-17(22)18(8-9-18)14-4-3-5-15(19)13-14/h3-5,13,16H,2,6-12H2,1H3,(H,20,22). The minimum atomic E-state index is -0.260. The highest BCUT2D eigenvalue weighted by Crippen LogP contribution is 2.49. The van der Waals surface area contributed by atoms with E-state index in [0.717, 1.165) is 48.8 Å². The summed E-state index contributed by atoms with van der Waals surface area (Å²) in [6, 6.07) is 8.57. The van der Waals surface area contributed by atoms with Crippen LogP contribution in [0.5, 0.6) is 0 Å². The first kappa shape index (κ1) is 16.0. The average molecular weight is 365 g/mol. The molecular weight excluding hydrogens is 340 g/mol. The van der Waals surface area contributed by atoms with Gasteiger partial charge in [0.15, 0.2) is 0 Å². The molecule has 22 heavy (non-hydrogen) atoms. The number of likely N-dealkylation sites (tertiary alicyclic amines) is 1. The monoisotopic (exact) mass is 364 g/mol. The molecule has 0 bridgehead atoms. The van der Waals surface area contributed by atoms with Crippen LogP contribution >= 0.6 is 15.9 Å². The maximum atomic E-state index is 12.8. The lowest BCUT2D eigenvalue weighted by molar-refractivity contribution is -0.124. The van der Waals surface area contributed by atoms with E-state index >= 15 is 0 Å². The van der Waals surface area contributed by atoms with E-state index in [-0.39, 0.29) is 11.3 Å². The molecule has 1 saturated heterocycles. The second-order valence-electron chi connectivity index (χ2n) is 6.68. The van der Waals surface area contributed by atoms with Gasteiger partial charge in [-0.3, -0.25) is 4.79 Å². The fourth-order valence-electron chi connectivity index (χ4n) is 3.50. The second kappa shape index (κ2) is 6.71. The van der Waals surface area contributed by atoms with Crippen LogP contribution in [-0.4, -0.2) is 36.5 Å². The third kappa shape index (κ3) is 3.38. The molecule has 0 aromatic heterocycles. The smallest absolute Gasteiger partial charge is 0.230 e. The van der Waals surface area contributed by atoms with Gasteiger partial charge in [-0.2, -0.15) is 0 Å². The van der Waals surface area contributed by atoms with Crippen LogP contribution in [0.15, 0.2) is 28.7 Å². The van der Waals surface area contributed by atoms with Crippen molar-refractivity contribution in [2.75, 3.05) is 19.6 Å². The zero-order valence-electron chi connectivity index (χ0n) is 13.3. The van der Waals surface area contributed by atoms with Gasteiger partial charge in [-0.15, -0.1) is 0 Å². The maximum Gasteiger partial charge on any atom is 0.230 e. The molecule has 0 spiro atoms. The molecule has 0 atom stereocenters. The van der Waals surface area contributed by atoms with E-state index in [2.05, 4.69) is 45.2 Å². The van der Waals surface area contributed by atoms with Gasteiger partial charge >= 0.3 is 0 Å². The highest BCUT2D eigenvalue weighted by Gasteiger charge is 2.51. The van der Waals surface area contributed by atoms with Gasteiger partial charge < -0.3 is 10.2 Å². The third-order valence-corrected chi connectivity index (χ3v) is 5.52. The first-order chi connectivity index (χ1) is 10.6. The van der Waals surface area contributed by atoms with Crippen molar-refractivity contribution < 1.29 is 4.79 Å². The van der Waals surface area contributed by atoms with Crippen LogP contribution in [-0.2, 0) is 10.2 Å². The molecule has 1 heterocycles. The van der Waals surface area contributed by atoms with Crippen molar-refractivity contribution in [2.45, 2.75) is 50.5 Å². The van der Waals surface area contributed by atoms with Crippen LogP contribution in [0.2, 0.25) is 0 Å². The normalized spacial score (nSPS) is 21.5. The number of benzene rings is 1. The average Bonchev–Trinajstić information content (AvgIpc) is 3.31. The number of hydrogen-bond acceptors (Lipinski definition) is 2. The number of piperidine rings is 1. The zero-order chi connectivity index (χ0) is 15.6. The second-order valence-corrected chi connectivity index (χ2v) is 7.60. The van der Waals surface area contributed by atoms with E-state index in [1.807, 2.05) is 12.1 Å². The van der Waals surface area contributed by atoms with Crippen LogP contribution in [0.3, 0.4) is 0 Å². The summed E-state index contributed by atoms with van der Waals surface area (Å²) in [7, 11) is 0. The Balaban J connectivity index is 1.59. The largest absolute Gasteiger partial charge is 0.353 e.